The molecule has 1 aliphatic rings. The monoisotopic (exact) mass is 431 g/mol. The van der Waals surface area contributed by atoms with Crippen LogP contribution in [-0.2, 0) is 12.7 Å². The van der Waals surface area contributed by atoms with Gasteiger partial charge in [-0.1, -0.05) is 6.07 Å². The molecule has 4 rings (SSSR count). The molecule has 0 spiro atoms. The standard InChI is InChI=1S/C22H20F3N3O3/c23-22(24,25)15-6-8-18(27-10-3-4-11-27)17(13-15)26-21(30)19-9-7-16(31-19)14-28-12-2-1-5-20(28)29/h1-2,5-9,12-13H,3-4,10-11,14H2,(H,26,30). The molecule has 1 aliphatic heterocycles. The zero-order chi connectivity index (χ0) is 22.0. The summed E-state index contributed by atoms with van der Waals surface area (Å²) in [6, 6.07) is 11.1. The predicted octanol–water partition coefficient (Wildman–Crippen LogP) is 4.36. The Morgan fingerprint density at radius 2 is 1.84 bits per heavy atom. The van der Waals surface area contributed by atoms with E-state index >= 15 is 0 Å². The normalized spacial score (nSPS) is 14.1. The van der Waals surface area contributed by atoms with Gasteiger partial charge in [-0.15, -0.1) is 0 Å². The van der Waals surface area contributed by atoms with Gasteiger partial charge in [0.25, 0.3) is 11.5 Å². The van der Waals surface area contributed by atoms with Gasteiger partial charge in [-0.25, -0.2) is 0 Å². The summed E-state index contributed by atoms with van der Waals surface area (Å²) in [5.41, 5.74) is -0.432. The Balaban J connectivity index is 1.57. The maximum absolute atomic E-state index is 13.2. The van der Waals surface area contributed by atoms with E-state index in [2.05, 4.69) is 5.32 Å². The SMILES string of the molecule is O=C(Nc1cc(C(F)(F)F)ccc1N1CCCC1)c1ccc(Cn2ccccc2=O)o1. The Morgan fingerprint density at radius 3 is 2.55 bits per heavy atom. The molecule has 162 valence electrons. The second-order valence-corrected chi connectivity index (χ2v) is 7.31. The molecule has 1 fully saturated rings. The first-order chi connectivity index (χ1) is 14.8. The van der Waals surface area contributed by atoms with E-state index in [9.17, 15) is 22.8 Å². The quantitative estimate of drug-likeness (QED) is 0.652. The van der Waals surface area contributed by atoms with Gasteiger partial charge in [0, 0.05) is 25.4 Å². The Labute approximate surface area is 175 Å². The van der Waals surface area contributed by atoms with Crippen LogP contribution in [0, 0.1) is 0 Å². The maximum Gasteiger partial charge on any atom is 0.416 e. The van der Waals surface area contributed by atoms with E-state index in [0.29, 0.717) is 24.5 Å². The van der Waals surface area contributed by atoms with E-state index in [1.807, 2.05) is 4.90 Å². The van der Waals surface area contributed by atoms with Gasteiger partial charge >= 0.3 is 6.18 Å². The average molecular weight is 431 g/mol. The molecule has 9 heteroatoms. The van der Waals surface area contributed by atoms with E-state index in [4.69, 9.17) is 4.42 Å². The van der Waals surface area contributed by atoms with Crippen LogP contribution >= 0.6 is 0 Å². The van der Waals surface area contributed by atoms with Crippen LogP contribution in [0.1, 0.15) is 34.7 Å². The van der Waals surface area contributed by atoms with Gasteiger partial charge in [-0.2, -0.15) is 13.2 Å². The third-order valence-corrected chi connectivity index (χ3v) is 5.13. The molecule has 3 heterocycles. The first-order valence-corrected chi connectivity index (χ1v) is 9.83. The van der Waals surface area contributed by atoms with E-state index in [1.54, 1.807) is 24.4 Å². The van der Waals surface area contributed by atoms with Crippen molar-refractivity contribution < 1.29 is 22.4 Å². The van der Waals surface area contributed by atoms with Gasteiger partial charge in [0.1, 0.15) is 5.76 Å². The first kappa shape index (κ1) is 20.8. The molecule has 0 radical (unpaired) electrons. The van der Waals surface area contributed by atoms with E-state index in [0.717, 1.165) is 25.0 Å². The topological polar surface area (TPSA) is 67.5 Å². The lowest BCUT2D eigenvalue weighted by molar-refractivity contribution is -0.137. The number of nitrogens with one attached hydrogen (secondary N) is 1. The molecule has 0 bridgehead atoms. The zero-order valence-corrected chi connectivity index (χ0v) is 16.5. The van der Waals surface area contributed by atoms with Crippen LogP contribution in [-0.4, -0.2) is 23.6 Å². The number of aromatic nitrogens is 1. The number of carbonyl (C=O) groups is 1. The summed E-state index contributed by atoms with van der Waals surface area (Å²) in [5, 5.41) is 2.56. The van der Waals surface area contributed by atoms with Crippen LogP contribution in [0.15, 0.2) is 63.9 Å². The van der Waals surface area contributed by atoms with Crippen LogP contribution in [0.4, 0.5) is 24.5 Å². The summed E-state index contributed by atoms with van der Waals surface area (Å²) in [4.78, 5) is 26.5. The number of benzene rings is 1. The molecule has 3 aromatic rings. The van der Waals surface area contributed by atoms with Crippen molar-refractivity contribution in [3.05, 3.63) is 82.2 Å². The van der Waals surface area contributed by atoms with Crippen LogP contribution < -0.4 is 15.8 Å². The summed E-state index contributed by atoms with van der Waals surface area (Å²) < 4.78 is 46.6. The number of alkyl halides is 3. The van der Waals surface area contributed by atoms with Crippen molar-refractivity contribution in [1.82, 2.24) is 4.57 Å². The number of furan rings is 1. The van der Waals surface area contributed by atoms with Crippen molar-refractivity contribution in [2.45, 2.75) is 25.6 Å². The number of halogens is 3. The first-order valence-electron chi connectivity index (χ1n) is 9.83. The zero-order valence-electron chi connectivity index (χ0n) is 16.5. The Kier molecular flexibility index (Phi) is 5.58. The van der Waals surface area contributed by atoms with Gasteiger partial charge in [0.15, 0.2) is 5.76 Å². The fraction of sp³-hybridized carbons (Fsp3) is 0.273. The molecular weight excluding hydrogens is 411 g/mol. The Morgan fingerprint density at radius 1 is 1.06 bits per heavy atom. The van der Waals surface area contributed by atoms with Gasteiger partial charge in [-0.3, -0.25) is 9.59 Å². The Hall–Kier alpha value is -3.49. The lowest BCUT2D eigenvalue weighted by Crippen LogP contribution is -2.22. The van der Waals surface area contributed by atoms with Crippen molar-refractivity contribution in [1.29, 1.82) is 0 Å². The molecule has 31 heavy (non-hydrogen) atoms. The minimum atomic E-state index is -4.52. The number of anilines is 2. The summed E-state index contributed by atoms with van der Waals surface area (Å²) in [7, 11) is 0. The van der Waals surface area contributed by atoms with Crippen molar-refractivity contribution >= 4 is 17.3 Å². The highest BCUT2D eigenvalue weighted by Gasteiger charge is 2.32. The molecule has 1 N–H and O–H groups in total. The average Bonchev–Trinajstić information content (AvgIpc) is 3.41. The van der Waals surface area contributed by atoms with E-state index in [-0.39, 0.29) is 23.6 Å². The number of amides is 1. The predicted molar refractivity (Wildman–Crippen MR) is 109 cm³/mol. The van der Waals surface area contributed by atoms with Crippen molar-refractivity contribution in [2.24, 2.45) is 0 Å². The van der Waals surface area contributed by atoms with Crippen molar-refractivity contribution in [2.75, 3.05) is 23.3 Å². The van der Waals surface area contributed by atoms with E-state index in [1.165, 1.54) is 22.8 Å². The lowest BCUT2D eigenvalue weighted by Gasteiger charge is -2.22. The molecule has 6 nitrogen and oxygen atoms in total. The molecule has 1 amide bonds. The van der Waals surface area contributed by atoms with Gasteiger partial charge < -0.3 is 19.2 Å². The second kappa shape index (κ2) is 8.33. The molecule has 1 aromatic carbocycles. The third kappa shape index (κ3) is 4.65. The van der Waals surface area contributed by atoms with Crippen molar-refractivity contribution in [3.8, 4) is 0 Å². The van der Waals surface area contributed by atoms with Crippen LogP contribution in [0.25, 0.3) is 0 Å². The molecule has 0 saturated carbocycles. The summed E-state index contributed by atoms with van der Waals surface area (Å²) in [6.07, 6.45) is -1.05. The second-order valence-electron chi connectivity index (χ2n) is 7.31. The Bertz CT molecular complexity index is 1140. The molecule has 0 atom stereocenters. The van der Waals surface area contributed by atoms with E-state index < -0.39 is 17.6 Å². The summed E-state index contributed by atoms with van der Waals surface area (Å²) >= 11 is 0. The van der Waals surface area contributed by atoms with Gasteiger partial charge in [0.05, 0.1) is 23.5 Å². The molecule has 0 aliphatic carbocycles. The van der Waals surface area contributed by atoms with Gasteiger partial charge in [0.2, 0.25) is 0 Å². The van der Waals surface area contributed by atoms with Crippen LogP contribution in [0.2, 0.25) is 0 Å². The number of nitrogens with zero attached hydrogens (tertiary/aromatic N) is 2. The summed E-state index contributed by atoms with van der Waals surface area (Å²) in [5.74, 6) is -0.336. The maximum atomic E-state index is 13.2. The highest BCUT2D eigenvalue weighted by atomic mass is 19.4. The fourth-order valence-corrected chi connectivity index (χ4v) is 3.57. The highest BCUT2D eigenvalue weighted by Crippen LogP contribution is 2.36. The molecule has 0 unspecified atom stereocenters. The smallest absolute Gasteiger partial charge is 0.416 e. The molecular formula is C22H20F3N3O3. The molecule has 2 aromatic heterocycles. The fourth-order valence-electron chi connectivity index (χ4n) is 3.57. The summed E-state index contributed by atoms with van der Waals surface area (Å²) in [6.45, 7) is 1.56. The highest BCUT2D eigenvalue weighted by molar-refractivity contribution is 6.04. The van der Waals surface area contributed by atoms with Crippen molar-refractivity contribution in [3.63, 3.8) is 0 Å². The largest absolute Gasteiger partial charge is 0.454 e. The minimum Gasteiger partial charge on any atom is -0.454 e. The number of rotatable bonds is 5. The number of pyridine rings is 1. The lowest BCUT2D eigenvalue weighted by atomic mass is 10.1. The number of carbonyl (C=O) groups excluding carboxylic acids is 1. The van der Waals surface area contributed by atoms with Gasteiger partial charge in [-0.05, 0) is 49.2 Å². The van der Waals surface area contributed by atoms with Crippen LogP contribution in [0.3, 0.4) is 0 Å². The number of hydrogen-bond donors (Lipinski definition) is 1. The number of hydrogen-bond acceptors (Lipinski definition) is 4. The molecule has 1 saturated heterocycles. The minimum absolute atomic E-state index is 0.0521. The third-order valence-electron chi connectivity index (χ3n) is 5.13. The van der Waals surface area contributed by atoms with Crippen LogP contribution in [0.5, 0.6) is 0 Å².